The second-order valence-electron chi connectivity index (χ2n) is 3.38. The number of hydrogen-bond donors (Lipinski definition) is 3. The van der Waals surface area contributed by atoms with Gasteiger partial charge in [-0.3, -0.25) is 4.79 Å². The van der Waals surface area contributed by atoms with Crippen LogP contribution in [0.5, 0.6) is 11.5 Å². The fourth-order valence-electron chi connectivity index (χ4n) is 1.27. The maximum Gasteiger partial charge on any atom is 0.260 e. The summed E-state index contributed by atoms with van der Waals surface area (Å²) in [6.07, 6.45) is 2.79. The molecule has 6 nitrogen and oxygen atoms in total. The molecule has 0 saturated carbocycles. The number of nitrogens with one attached hydrogen (secondary N) is 1. The summed E-state index contributed by atoms with van der Waals surface area (Å²) in [6.45, 7) is 0. The molecular weight excluding hydrogens is 302 g/mol. The smallest absolute Gasteiger partial charge is 0.260 e. The maximum atomic E-state index is 11.8. The number of aromatic hydroxyl groups is 2. The highest BCUT2D eigenvalue weighted by molar-refractivity contribution is 9.10. The second kappa shape index (κ2) is 5.01. The van der Waals surface area contributed by atoms with Crippen molar-refractivity contribution in [3.05, 3.63) is 40.8 Å². The minimum Gasteiger partial charge on any atom is -0.508 e. The van der Waals surface area contributed by atoms with E-state index in [1.807, 2.05) is 0 Å². The third-order valence-electron chi connectivity index (χ3n) is 2.09. The van der Waals surface area contributed by atoms with Gasteiger partial charge in [-0.15, -0.1) is 0 Å². The highest BCUT2D eigenvalue weighted by Gasteiger charge is 2.12. The Bertz CT molecular complexity index is 587. The number of benzene rings is 1. The van der Waals surface area contributed by atoms with E-state index in [4.69, 9.17) is 0 Å². The molecule has 0 radical (unpaired) electrons. The first-order valence-electron chi connectivity index (χ1n) is 4.87. The Morgan fingerprint density at radius 2 is 2.00 bits per heavy atom. The van der Waals surface area contributed by atoms with Gasteiger partial charge in [0, 0.05) is 0 Å². The van der Waals surface area contributed by atoms with Gasteiger partial charge in [-0.1, -0.05) is 0 Å². The van der Waals surface area contributed by atoms with E-state index in [-0.39, 0.29) is 22.9 Å². The zero-order chi connectivity index (χ0) is 13.1. The number of halogens is 1. The van der Waals surface area contributed by atoms with Gasteiger partial charge >= 0.3 is 0 Å². The number of aromatic nitrogens is 2. The quantitative estimate of drug-likeness (QED) is 0.736. The molecule has 3 N–H and O–H groups in total. The Morgan fingerprint density at radius 1 is 1.22 bits per heavy atom. The minimum atomic E-state index is -0.583. The van der Waals surface area contributed by atoms with Crippen LogP contribution in [0, 0.1) is 0 Å². The standard InChI is InChI=1S/C11H8BrN3O3/c12-9-4-14-10(5-13-9)15-11(18)7-3-6(16)1-2-8(7)17/h1-5,16-17H,(H,14,15,18). The van der Waals surface area contributed by atoms with Gasteiger partial charge in [-0.25, -0.2) is 9.97 Å². The molecule has 1 aromatic heterocycles. The van der Waals surface area contributed by atoms with Crippen LogP contribution in [0.1, 0.15) is 10.4 Å². The summed E-state index contributed by atoms with van der Waals surface area (Å²) < 4.78 is 0.542. The highest BCUT2D eigenvalue weighted by atomic mass is 79.9. The van der Waals surface area contributed by atoms with Crippen molar-refractivity contribution in [2.75, 3.05) is 5.32 Å². The van der Waals surface area contributed by atoms with Gasteiger partial charge in [0.25, 0.3) is 5.91 Å². The molecule has 0 aliphatic rings. The molecule has 92 valence electrons. The lowest BCUT2D eigenvalue weighted by atomic mass is 10.2. The molecule has 1 heterocycles. The monoisotopic (exact) mass is 309 g/mol. The van der Waals surface area contributed by atoms with Gasteiger partial charge in [-0.05, 0) is 34.1 Å². The first kappa shape index (κ1) is 12.3. The molecule has 0 fully saturated rings. The van der Waals surface area contributed by atoms with Crippen molar-refractivity contribution in [2.24, 2.45) is 0 Å². The number of nitrogens with zero attached hydrogens (tertiary/aromatic N) is 2. The van der Waals surface area contributed by atoms with Crippen molar-refractivity contribution in [2.45, 2.75) is 0 Å². The van der Waals surface area contributed by atoms with Crippen molar-refractivity contribution in [3.8, 4) is 11.5 Å². The number of hydrogen-bond acceptors (Lipinski definition) is 5. The molecule has 0 saturated heterocycles. The fourth-order valence-corrected chi connectivity index (χ4v) is 1.47. The molecule has 7 heteroatoms. The van der Waals surface area contributed by atoms with E-state index in [0.29, 0.717) is 4.60 Å². The van der Waals surface area contributed by atoms with Gasteiger partial charge < -0.3 is 15.5 Å². The van der Waals surface area contributed by atoms with Crippen molar-refractivity contribution < 1.29 is 15.0 Å². The van der Waals surface area contributed by atoms with E-state index in [1.54, 1.807) is 0 Å². The van der Waals surface area contributed by atoms with E-state index in [1.165, 1.54) is 24.5 Å². The van der Waals surface area contributed by atoms with Crippen LogP contribution in [0.3, 0.4) is 0 Å². The molecule has 0 aliphatic carbocycles. The molecule has 0 atom stereocenters. The molecule has 0 unspecified atom stereocenters. The Balaban J connectivity index is 2.21. The Morgan fingerprint density at radius 3 is 2.67 bits per heavy atom. The van der Waals surface area contributed by atoms with Gasteiger partial charge in [0.1, 0.15) is 16.1 Å². The van der Waals surface area contributed by atoms with E-state index in [2.05, 4.69) is 31.2 Å². The van der Waals surface area contributed by atoms with Gasteiger partial charge in [0.15, 0.2) is 5.82 Å². The molecule has 0 spiro atoms. The zero-order valence-electron chi connectivity index (χ0n) is 8.96. The first-order chi connectivity index (χ1) is 8.56. The van der Waals surface area contributed by atoms with E-state index < -0.39 is 5.91 Å². The fraction of sp³-hybridized carbons (Fsp3) is 0. The number of phenolic OH excluding ortho intramolecular Hbond substituents is 2. The summed E-state index contributed by atoms with van der Waals surface area (Å²) in [5, 5.41) is 21.2. The Hall–Kier alpha value is -2.15. The third-order valence-corrected chi connectivity index (χ3v) is 2.50. The zero-order valence-corrected chi connectivity index (χ0v) is 10.5. The van der Waals surface area contributed by atoms with Crippen LogP contribution < -0.4 is 5.32 Å². The molecule has 1 amide bonds. The van der Waals surface area contributed by atoms with Crippen molar-refractivity contribution >= 4 is 27.7 Å². The summed E-state index contributed by atoms with van der Waals surface area (Å²) in [6, 6.07) is 3.68. The topological polar surface area (TPSA) is 95.3 Å². The summed E-state index contributed by atoms with van der Waals surface area (Å²) in [5.74, 6) is -0.679. The molecule has 0 aliphatic heterocycles. The van der Waals surface area contributed by atoms with Gasteiger partial charge in [-0.2, -0.15) is 0 Å². The molecule has 0 bridgehead atoms. The first-order valence-corrected chi connectivity index (χ1v) is 5.66. The van der Waals surface area contributed by atoms with Crippen LogP contribution in [-0.2, 0) is 0 Å². The van der Waals surface area contributed by atoms with Crippen molar-refractivity contribution in [3.63, 3.8) is 0 Å². The predicted octanol–water partition coefficient (Wildman–Crippen LogP) is 1.90. The normalized spacial score (nSPS) is 10.1. The highest BCUT2D eigenvalue weighted by Crippen LogP contribution is 2.22. The van der Waals surface area contributed by atoms with Crippen LogP contribution in [0.25, 0.3) is 0 Å². The number of amides is 1. The average molecular weight is 310 g/mol. The number of carbonyl (C=O) groups is 1. The van der Waals surface area contributed by atoms with Crippen molar-refractivity contribution in [1.29, 1.82) is 0 Å². The number of anilines is 1. The summed E-state index contributed by atoms with van der Waals surface area (Å²) in [5.41, 5.74) is -0.0419. The summed E-state index contributed by atoms with van der Waals surface area (Å²) >= 11 is 3.12. The molecular formula is C11H8BrN3O3. The van der Waals surface area contributed by atoms with E-state index in [9.17, 15) is 15.0 Å². The molecule has 2 aromatic rings. The molecule has 18 heavy (non-hydrogen) atoms. The van der Waals surface area contributed by atoms with Crippen LogP contribution in [0.15, 0.2) is 35.2 Å². The summed E-state index contributed by atoms with van der Waals surface area (Å²) in [4.78, 5) is 19.6. The lowest BCUT2D eigenvalue weighted by Crippen LogP contribution is -2.13. The third kappa shape index (κ3) is 2.75. The Kier molecular flexibility index (Phi) is 3.42. The van der Waals surface area contributed by atoms with E-state index in [0.717, 1.165) is 6.07 Å². The van der Waals surface area contributed by atoms with Crippen LogP contribution in [0.4, 0.5) is 5.82 Å². The van der Waals surface area contributed by atoms with Crippen LogP contribution in [-0.4, -0.2) is 26.1 Å². The lowest BCUT2D eigenvalue weighted by Gasteiger charge is -2.06. The number of rotatable bonds is 2. The number of carbonyl (C=O) groups excluding carboxylic acids is 1. The predicted molar refractivity (Wildman–Crippen MR) is 67.5 cm³/mol. The average Bonchev–Trinajstić information content (AvgIpc) is 2.35. The van der Waals surface area contributed by atoms with Crippen molar-refractivity contribution in [1.82, 2.24) is 9.97 Å². The lowest BCUT2D eigenvalue weighted by molar-refractivity contribution is 0.102. The SMILES string of the molecule is O=C(Nc1cnc(Br)cn1)c1cc(O)ccc1O. The number of phenols is 2. The minimum absolute atomic E-state index is 0.0419. The largest absolute Gasteiger partial charge is 0.508 e. The molecule has 2 rings (SSSR count). The van der Waals surface area contributed by atoms with Crippen LogP contribution >= 0.6 is 15.9 Å². The molecule has 1 aromatic carbocycles. The summed E-state index contributed by atoms with van der Waals surface area (Å²) in [7, 11) is 0. The van der Waals surface area contributed by atoms with Gasteiger partial charge in [0.2, 0.25) is 0 Å². The van der Waals surface area contributed by atoms with E-state index >= 15 is 0 Å². The van der Waals surface area contributed by atoms with Crippen LogP contribution in [0.2, 0.25) is 0 Å². The Labute approximate surface area is 110 Å². The second-order valence-corrected chi connectivity index (χ2v) is 4.19. The maximum absolute atomic E-state index is 11.8. The van der Waals surface area contributed by atoms with Gasteiger partial charge in [0.05, 0.1) is 18.0 Å².